The van der Waals surface area contributed by atoms with Gasteiger partial charge in [0.15, 0.2) is 5.82 Å². The summed E-state index contributed by atoms with van der Waals surface area (Å²) in [6.45, 7) is 4.41. The summed E-state index contributed by atoms with van der Waals surface area (Å²) in [5, 5.41) is 8.03. The highest BCUT2D eigenvalue weighted by Gasteiger charge is 2.10. The van der Waals surface area contributed by atoms with Gasteiger partial charge in [-0.15, -0.1) is 0 Å². The molecule has 0 saturated carbocycles. The second-order valence-corrected chi connectivity index (χ2v) is 8.18. The molecule has 25 heavy (non-hydrogen) atoms. The van der Waals surface area contributed by atoms with E-state index in [9.17, 15) is 0 Å². The fraction of sp³-hybridized carbons (Fsp3) is 0.118. The molecule has 0 bridgehead atoms. The smallest absolute Gasteiger partial charge is 0.230 e. The predicted octanol–water partition coefficient (Wildman–Crippen LogP) is 3.96. The van der Waals surface area contributed by atoms with Crippen LogP contribution in [0.1, 0.15) is 0 Å². The van der Waals surface area contributed by atoms with Crippen molar-refractivity contribution in [2.75, 3.05) is 29.7 Å². The number of aromatic nitrogens is 3. The molecule has 2 aromatic heterocycles. The molecular formula is C17H18ClN6P. The number of nitrogens with two attached hydrogens (primary N) is 1. The largest absolute Gasteiger partial charge is 0.384 e. The van der Waals surface area contributed by atoms with Crippen molar-refractivity contribution < 1.29 is 0 Å². The van der Waals surface area contributed by atoms with E-state index in [0.717, 1.165) is 5.69 Å². The first-order valence-corrected chi connectivity index (χ1v) is 10.2. The van der Waals surface area contributed by atoms with E-state index in [2.05, 4.69) is 45.0 Å². The van der Waals surface area contributed by atoms with Crippen LogP contribution in [0, 0.1) is 0 Å². The first kappa shape index (κ1) is 17.4. The molecule has 6 nitrogen and oxygen atoms in total. The van der Waals surface area contributed by atoms with E-state index in [4.69, 9.17) is 17.3 Å². The van der Waals surface area contributed by atoms with Crippen molar-refractivity contribution in [1.29, 1.82) is 0 Å². The number of nitrogens with one attached hydrogen (secondary N) is 2. The fourth-order valence-corrected chi connectivity index (χ4v) is 3.38. The normalized spacial score (nSPS) is 10.7. The van der Waals surface area contributed by atoms with E-state index >= 15 is 0 Å². The Bertz CT molecular complexity index is 887. The monoisotopic (exact) mass is 372 g/mol. The van der Waals surface area contributed by atoms with Crippen LogP contribution in [0.4, 0.5) is 29.1 Å². The zero-order chi connectivity index (χ0) is 17.8. The summed E-state index contributed by atoms with van der Waals surface area (Å²) >= 11 is 6.26. The van der Waals surface area contributed by atoms with E-state index in [-0.39, 0.29) is 7.92 Å². The van der Waals surface area contributed by atoms with Crippen molar-refractivity contribution >= 4 is 53.9 Å². The molecular weight excluding hydrogens is 355 g/mol. The Morgan fingerprint density at radius 3 is 2.56 bits per heavy atom. The summed E-state index contributed by atoms with van der Waals surface area (Å²) in [5.74, 6) is 1.91. The zero-order valence-electron chi connectivity index (χ0n) is 13.9. The molecule has 2 heterocycles. The average Bonchev–Trinajstić information content (AvgIpc) is 2.58. The van der Waals surface area contributed by atoms with Gasteiger partial charge in [-0.3, -0.25) is 0 Å². The molecule has 0 saturated heterocycles. The van der Waals surface area contributed by atoms with Crippen molar-refractivity contribution in [1.82, 2.24) is 15.0 Å². The molecule has 128 valence electrons. The van der Waals surface area contributed by atoms with Gasteiger partial charge >= 0.3 is 0 Å². The maximum Gasteiger partial charge on any atom is 0.230 e. The Hall–Kier alpha value is -2.43. The molecule has 0 aliphatic heterocycles. The molecule has 4 N–H and O–H groups in total. The highest BCUT2D eigenvalue weighted by Crippen LogP contribution is 2.31. The maximum absolute atomic E-state index is 6.26. The van der Waals surface area contributed by atoms with Gasteiger partial charge < -0.3 is 16.4 Å². The molecule has 8 heteroatoms. The standard InChI is InChI=1S/C17H18ClN6P/c1-25(2)13-7-4-3-6-12(13)21-16-11(18)10-20-17(24-16)23-15-9-5-8-14(19)22-15/h3-10H,1-2H3,(H4,19,20,21,22,23,24). The van der Waals surface area contributed by atoms with Crippen molar-refractivity contribution in [3.63, 3.8) is 0 Å². The molecule has 0 unspecified atom stereocenters. The Kier molecular flexibility index (Phi) is 5.31. The van der Waals surface area contributed by atoms with Crippen LogP contribution < -0.4 is 21.7 Å². The summed E-state index contributed by atoms with van der Waals surface area (Å²) in [4.78, 5) is 12.8. The molecule has 0 spiro atoms. The molecule has 0 atom stereocenters. The Morgan fingerprint density at radius 1 is 1.00 bits per heavy atom. The van der Waals surface area contributed by atoms with Gasteiger partial charge in [-0.25, -0.2) is 9.97 Å². The van der Waals surface area contributed by atoms with Gasteiger partial charge in [0.05, 0.1) is 6.20 Å². The molecule has 0 radical (unpaired) electrons. The summed E-state index contributed by atoms with van der Waals surface area (Å²) in [6, 6.07) is 13.4. The first-order valence-electron chi connectivity index (χ1n) is 7.58. The van der Waals surface area contributed by atoms with Crippen molar-refractivity contribution in [2.45, 2.75) is 0 Å². The number of nitrogen functional groups attached to an aromatic ring is 1. The van der Waals surface area contributed by atoms with E-state index < -0.39 is 0 Å². The Morgan fingerprint density at radius 2 is 1.80 bits per heavy atom. The second-order valence-electron chi connectivity index (χ2n) is 5.50. The molecule has 0 aliphatic carbocycles. The van der Waals surface area contributed by atoms with E-state index in [0.29, 0.717) is 28.4 Å². The number of hydrogen-bond acceptors (Lipinski definition) is 6. The summed E-state index contributed by atoms with van der Waals surface area (Å²) < 4.78 is 0. The van der Waals surface area contributed by atoms with Crippen LogP contribution in [0.3, 0.4) is 0 Å². The number of pyridine rings is 1. The molecule has 0 amide bonds. The van der Waals surface area contributed by atoms with E-state index in [1.807, 2.05) is 18.2 Å². The van der Waals surface area contributed by atoms with Gasteiger partial charge in [0.2, 0.25) is 5.95 Å². The van der Waals surface area contributed by atoms with Gasteiger partial charge in [0, 0.05) is 5.69 Å². The van der Waals surface area contributed by atoms with Gasteiger partial charge in [-0.1, -0.05) is 43.8 Å². The minimum Gasteiger partial charge on any atom is -0.384 e. The zero-order valence-corrected chi connectivity index (χ0v) is 15.5. The molecule has 3 aromatic rings. The number of para-hydroxylation sites is 1. The third kappa shape index (κ3) is 4.35. The van der Waals surface area contributed by atoms with Gasteiger partial charge in [-0.2, -0.15) is 4.98 Å². The van der Waals surface area contributed by atoms with Gasteiger partial charge in [-0.05, 0) is 36.8 Å². The Labute approximate surface area is 152 Å². The quantitative estimate of drug-likeness (QED) is 0.587. The number of rotatable bonds is 5. The van der Waals surface area contributed by atoms with Crippen LogP contribution in [0.15, 0.2) is 48.7 Å². The highest BCUT2D eigenvalue weighted by molar-refractivity contribution is 7.64. The SMILES string of the molecule is CP(C)c1ccccc1Nc1nc(Nc2cccc(N)n2)ncc1Cl. The van der Waals surface area contributed by atoms with Crippen LogP contribution in [-0.4, -0.2) is 28.3 Å². The lowest BCUT2D eigenvalue weighted by Crippen LogP contribution is -2.09. The van der Waals surface area contributed by atoms with E-state index in [1.54, 1.807) is 24.4 Å². The average molecular weight is 373 g/mol. The minimum absolute atomic E-state index is 0.262. The maximum atomic E-state index is 6.26. The van der Waals surface area contributed by atoms with Crippen LogP contribution in [0.25, 0.3) is 0 Å². The van der Waals surface area contributed by atoms with Crippen LogP contribution in [0.5, 0.6) is 0 Å². The highest BCUT2D eigenvalue weighted by atomic mass is 35.5. The third-order valence-corrected chi connectivity index (χ3v) is 5.02. The van der Waals surface area contributed by atoms with Gasteiger partial charge in [0.25, 0.3) is 0 Å². The van der Waals surface area contributed by atoms with Crippen LogP contribution in [0.2, 0.25) is 5.02 Å². The second kappa shape index (κ2) is 7.64. The predicted molar refractivity (Wildman–Crippen MR) is 107 cm³/mol. The lowest BCUT2D eigenvalue weighted by molar-refractivity contribution is 1.15. The summed E-state index contributed by atoms with van der Waals surface area (Å²) in [5.41, 5.74) is 6.68. The molecule has 0 fully saturated rings. The fourth-order valence-electron chi connectivity index (χ4n) is 2.25. The lowest BCUT2D eigenvalue weighted by Gasteiger charge is -2.15. The van der Waals surface area contributed by atoms with Crippen LogP contribution >= 0.6 is 19.5 Å². The van der Waals surface area contributed by atoms with E-state index in [1.165, 1.54) is 5.30 Å². The Balaban J connectivity index is 1.88. The van der Waals surface area contributed by atoms with Gasteiger partial charge in [0.1, 0.15) is 16.7 Å². The number of benzene rings is 1. The summed E-state index contributed by atoms with van der Waals surface area (Å²) in [6.07, 6.45) is 1.55. The number of anilines is 5. The lowest BCUT2D eigenvalue weighted by atomic mass is 10.3. The molecule has 3 rings (SSSR count). The summed E-state index contributed by atoms with van der Waals surface area (Å²) in [7, 11) is -0.262. The van der Waals surface area contributed by atoms with Crippen molar-refractivity contribution in [3.05, 3.63) is 53.7 Å². The topological polar surface area (TPSA) is 88.8 Å². The minimum atomic E-state index is -0.262. The van der Waals surface area contributed by atoms with Crippen molar-refractivity contribution in [3.8, 4) is 0 Å². The van der Waals surface area contributed by atoms with Crippen LogP contribution in [-0.2, 0) is 0 Å². The number of hydrogen-bond donors (Lipinski definition) is 3. The number of halogens is 1. The molecule has 1 aromatic carbocycles. The van der Waals surface area contributed by atoms with Crippen molar-refractivity contribution in [2.24, 2.45) is 0 Å². The first-order chi connectivity index (χ1) is 12.0. The third-order valence-electron chi connectivity index (χ3n) is 3.39. The molecule has 0 aliphatic rings. The number of nitrogens with zero attached hydrogens (tertiary/aromatic N) is 3.